The van der Waals surface area contributed by atoms with Gasteiger partial charge in [0.2, 0.25) is 5.28 Å². The second-order valence-electron chi connectivity index (χ2n) is 3.02. The van der Waals surface area contributed by atoms with Crippen molar-refractivity contribution in [3.63, 3.8) is 0 Å². The first-order chi connectivity index (χ1) is 6.70. The van der Waals surface area contributed by atoms with E-state index >= 15 is 0 Å². The van der Waals surface area contributed by atoms with E-state index in [1.807, 2.05) is 19.1 Å². The predicted molar refractivity (Wildman–Crippen MR) is 55.8 cm³/mol. The Bertz CT molecular complexity index is 485. The average molecular weight is 209 g/mol. The van der Waals surface area contributed by atoms with Gasteiger partial charge in [0.15, 0.2) is 0 Å². The van der Waals surface area contributed by atoms with Gasteiger partial charge in [0.25, 0.3) is 0 Å². The zero-order valence-electron chi connectivity index (χ0n) is 7.91. The molecular formula is C10H9ClN2O. The summed E-state index contributed by atoms with van der Waals surface area (Å²) < 4.78 is 5.19. The SMILES string of the molecule is COc1cc2nc(Cl)ncc2cc1C. The van der Waals surface area contributed by atoms with Crippen molar-refractivity contribution in [2.45, 2.75) is 6.92 Å². The summed E-state index contributed by atoms with van der Waals surface area (Å²) in [6.45, 7) is 1.98. The van der Waals surface area contributed by atoms with E-state index in [1.54, 1.807) is 13.3 Å². The first-order valence-electron chi connectivity index (χ1n) is 4.17. The summed E-state index contributed by atoms with van der Waals surface area (Å²) in [5, 5.41) is 1.22. The standard InChI is InChI=1S/C10H9ClN2O/c1-6-3-7-5-12-10(11)13-8(7)4-9(6)14-2/h3-5H,1-2H3. The van der Waals surface area contributed by atoms with Crippen LogP contribution in [0.1, 0.15) is 5.56 Å². The minimum Gasteiger partial charge on any atom is -0.496 e. The van der Waals surface area contributed by atoms with Gasteiger partial charge in [-0.3, -0.25) is 0 Å². The lowest BCUT2D eigenvalue weighted by atomic mass is 10.1. The molecule has 0 aliphatic heterocycles. The fourth-order valence-electron chi connectivity index (χ4n) is 1.37. The van der Waals surface area contributed by atoms with Gasteiger partial charge in [-0.25, -0.2) is 9.97 Å². The third kappa shape index (κ3) is 1.51. The van der Waals surface area contributed by atoms with E-state index in [2.05, 4.69) is 9.97 Å². The number of nitrogens with zero attached hydrogens (tertiary/aromatic N) is 2. The summed E-state index contributed by atoms with van der Waals surface area (Å²) in [5.41, 5.74) is 1.86. The Morgan fingerprint density at radius 1 is 1.36 bits per heavy atom. The van der Waals surface area contributed by atoms with E-state index in [4.69, 9.17) is 16.3 Å². The molecule has 0 amide bonds. The third-order valence-corrected chi connectivity index (χ3v) is 2.25. The van der Waals surface area contributed by atoms with E-state index in [1.165, 1.54) is 0 Å². The van der Waals surface area contributed by atoms with Crippen molar-refractivity contribution in [3.8, 4) is 5.75 Å². The molecule has 4 heteroatoms. The summed E-state index contributed by atoms with van der Waals surface area (Å²) in [7, 11) is 1.64. The molecule has 1 aromatic heterocycles. The van der Waals surface area contributed by atoms with Gasteiger partial charge in [0.1, 0.15) is 5.75 Å². The van der Waals surface area contributed by atoms with Crippen LogP contribution in [0.15, 0.2) is 18.3 Å². The number of halogens is 1. The van der Waals surface area contributed by atoms with Crippen molar-refractivity contribution in [1.82, 2.24) is 9.97 Å². The normalized spacial score (nSPS) is 10.5. The summed E-state index contributed by atoms with van der Waals surface area (Å²) >= 11 is 5.69. The highest BCUT2D eigenvalue weighted by atomic mass is 35.5. The molecule has 0 aliphatic rings. The average Bonchev–Trinajstić information content (AvgIpc) is 2.17. The van der Waals surface area contributed by atoms with E-state index in [0.29, 0.717) is 0 Å². The molecule has 0 radical (unpaired) electrons. The van der Waals surface area contributed by atoms with Gasteiger partial charge in [0.05, 0.1) is 12.6 Å². The monoisotopic (exact) mass is 208 g/mol. The molecule has 3 nitrogen and oxygen atoms in total. The van der Waals surface area contributed by atoms with E-state index in [0.717, 1.165) is 22.2 Å². The van der Waals surface area contributed by atoms with Crippen LogP contribution in [0.4, 0.5) is 0 Å². The quantitative estimate of drug-likeness (QED) is 0.676. The summed E-state index contributed by atoms with van der Waals surface area (Å²) in [6, 6.07) is 3.84. The van der Waals surface area contributed by atoms with Crippen molar-refractivity contribution in [1.29, 1.82) is 0 Å². The lowest BCUT2D eigenvalue weighted by Gasteiger charge is -2.05. The molecule has 14 heavy (non-hydrogen) atoms. The molecule has 0 saturated carbocycles. The fourth-order valence-corrected chi connectivity index (χ4v) is 1.51. The number of aryl methyl sites for hydroxylation is 1. The fraction of sp³-hybridized carbons (Fsp3) is 0.200. The maximum Gasteiger partial charge on any atom is 0.222 e. The molecule has 0 aliphatic carbocycles. The van der Waals surface area contributed by atoms with Crippen LogP contribution in [0.3, 0.4) is 0 Å². The van der Waals surface area contributed by atoms with Crippen molar-refractivity contribution >= 4 is 22.5 Å². The number of hydrogen-bond donors (Lipinski definition) is 0. The van der Waals surface area contributed by atoms with Crippen LogP contribution in [0, 0.1) is 6.92 Å². The number of methoxy groups -OCH3 is 1. The van der Waals surface area contributed by atoms with Gasteiger partial charge >= 0.3 is 0 Å². The van der Waals surface area contributed by atoms with E-state index in [9.17, 15) is 0 Å². The molecule has 0 bridgehead atoms. The topological polar surface area (TPSA) is 35.0 Å². The molecule has 2 aromatic rings. The van der Waals surface area contributed by atoms with Gasteiger partial charge in [-0.1, -0.05) is 0 Å². The van der Waals surface area contributed by atoms with Crippen LogP contribution in [-0.2, 0) is 0 Å². The molecule has 2 rings (SSSR count). The van der Waals surface area contributed by atoms with Crippen LogP contribution in [0.25, 0.3) is 10.9 Å². The number of hydrogen-bond acceptors (Lipinski definition) is 3. The Morgan fingerprint density at radius 2 is 2.14 bits per heavy atom. The molecule has 0 N–H and O–H groups in total. The molecule has 0 saturated heterocycles. The molecule has 0 unspecified atom stereocenters. The van der Waals surface area contributed by atoms with Gasteiger partial charge in [-0.15, -0.1) is 0 Å². The minimum absolute atomic E-state index is 0.253. The number of rotatable bonds is 1. The lowest BCUT2D eigenvalue weighted by Crippen LogP contribution is -1.90. The Hall–Kier alpha value is -1.35. The van der Waals surface area contributed by atoms with Gasteiger partial charge < -0.3 is 4.74 Å². The Kier molecular flexibility index (Phi) is 2.25. The van der Waals surface area contributed by atoms with Gasteiger partial charge in [-0.2, -0.15) is 0 Å². The van der Waals surface area contributed by atoms with Crippen molar-refractivity contribution in [2.75, 3.05) is 7.11 Å². The first kappa shape index (κ1) is 9.21. The van der Waals surface area contributed by atoms with Crippen LogP contribution in [-0.4, -0.2) is 17.1 Å². The number of fused-ring (bicyclic) bond motifs is 1. The van der Waals surface area contributed by atoms with Crippen LogP contribution >= 0.6 is 11.6 Å². The second-order valence-corrected chi connectivity index (χ2v) is 3.36. The molecule has 1 aromatic carbocycles. The Balaban J connectivity index is 2.73. The maximum absolute atomic E-state index is 5.69. The summed E-state index contributed by atoms with van der Waals surface area (Å²) in [5.74, 6) is 0.812. The highest BCUT2D eigenvalue weighted by molar-refractivity contribution is 6.28. The Morgan fingerprint density at radius 3 is 2.86 bits per heavy atom. The Labute approximate surface area is 86.7 Å². The van der Waals surface area contributed by atoms with E-state index in [-0.39, 0.29) is 5.28 Å². The predicted octanol–water partition coefficient (Wildman–Crippen LogP) is 2.60. The highest BCUT2D eigenvalue weighted by Crippen LogP contribution is 2.23. The smallest absolute Gasteiger partial charge is 0.222 e. The van der Waals surface area contributed by atoms with Crippen LogP contribution < -0.4 is 4.74 Å². The van der Waals surface area contributed by atoms with E-state index < -0.39 is 0 Å². The van der Waals surface area contributed by atoms with Crippen LogP contribution in [0.5, 0.6) is 5.75 Å². The van der Waals surface area contributed by atoms with Crippen LogP contribution in [0.2, 0.25) is 5.28 Å². The second kappa shape index (κ2) is 3.42. The zero-order valence-corrected chi connectivity index (χ0v) is 8.67. The summed E-state index contributed by atoms with van der Waals surface area (Å²) in [6.07, 6.45) is 1.71. The largest absolute Gasteiger partial charge is 0.496 e. The molecular weight excluding hydrogens is 200 g/mol. The zero-order chi connectivity index (χ0) is 10.1. The molecule has 0 spiro atoms. The summed E-state index contributed by atoms with van der Waals surface area (Å²) in [4.78, 5) is 8.02. The third-order valence-electron chi connectivity index (χ3n) is 2.07. The highest BCUT2D eigenvalue weighted by Gasteiger charge is 2.03. The van der Waals surface area contributed by atoms with Crippen molar-refractivity contribution < 1.29 is 4.74 Å². The minimum atomic E-state index is 0.253. The molecule has 0 atom stereocenters. The van der Waals surface area contributed by atoms with Crippen molar-refractivity contribution in [3.05, 3.63) is 29.2 Å². The number of aromatic nitrogens is 2. The van der Waals surface area contributed by atoms with Gasteiger partial charge in [-0.05, 0) is 30.2 Å². The van der Waals surface area contributed by atoms with Crippen molar-refractivity contribution in [2.24, 2.45) is 0 Å². The number of ether oxygens (including phenoxy) is 1. The van der Waals surface area contributed by atoms with Gasteiger partial charge in [0, 0.05) is 17.6 Å². The maximum atomic E-state index is 5.69. The molecule has 72 valence electrons. The number of benzene rings is 1. The molecule has 1 heterocycles. The lowest BCUT2D eigenvalue weighted by molar-refractivity contribution is 0.412. The molecule has 0 fully saturated rings. The first-order valence-corrected chi connectivity index (χ1v) is 4.55.